The third kappa shape index (κ3) is 4.45. The van der Waals surface area contributed by atoms with E-state index in [4.69, 9.17) is 23.2 Å². The zero-order valence-electron chi connectivity index (χ0n) is 10.2. The number of nitrogens with one attached hydrogen (secondary N) is 1. The van der Waals surface area contributed by atoms with E-state index in [0.717, 1.165) is 18.2 Å². The van der Waals surface area contributed by atoms with Gasteiger partial charge in [0.2, 0.25) is 0 Å². The summed E-state index contributed by atoms with van der Waals surface area (Å²) in [5.41, 5.74) is 0.429. The molecule has 5 heteroatoms. The number of rotatable bonds is 6. The molecule has 0 aromatic heterocycles. The van der Waals surface area contributed by atoms with Gasteiger partial charge < -0.3 is 5.32 Å². The number of halogens is 3. The Hall–Kier alpha value is -0.250. The lowest BCUT2D eigenvalue weighted by atomic mass is 10.0. The van der Waals surface area contributed by atoms with Crippen LogP contribution in [0.1, 0.15) is 30.1 Å². The SMILES string of the molecule is CCC(CCBr)CNC(=O)c1cccc(Cl)c1Cl. The Morgan fingerprint density at radius 1 is 1.44 bits per heavy atom. The summed E-state index contributed by atoms with van der Waals surface area (Å²) in [5.74, 6) is 0.307. The largest absolute Gasteiger partial charge is 0.352 e. The zero-order valence-corrected chi connectivity index (χ0v) is 13.3. The molecular weight excluding hydrogens is 337 g/mol. The van der Waals surface area contributed by atoms with Gasteiger partial charge in [0, 0.05) is 11.9 Å². The smallest absolute Gasteiger partial charge is 0.252 e. The molecule has 1 aromatic carbocycles. The van der Waals surface area contributed by atoms with E-state index in [0.29, 0.717) is 28.1 Å². The molecule has 0 saturated carbocycles. The molecule has 1 aromatic rings. The highest BCUT2D eigenvalue weighted by Crippen LogP contribution is 2.25. The maximum atomic E-state index is 12.0. The maximum Gasteiger partial charge on any atom is 0.252 e. The highest BCUT2D eigenvalue weighted by Gasteiger charge is 2.13. The first-order valence-corrected chi connectivity index (χ1v) is 7.76. The third-order valence-electron chi connectivity index (χ3n) is 2.84. The van der Waals surface area contributed by atoms with Crippen molar-refractivity contribution in [3.63, 3.8) is 0 Å². The number of carbonyl (C=O) groups is 1. The first-order valence-electron chi connectivity index (χ1n) is 5.88. The second-order valence-electron chi connectivity index (χ2n) is 4.06. The lowest BCUT2D eigenvalue weighted by molar-refractivity contribution is 0.0946. The van der Waals surface area contributed by atoms with E-state index >= 15 is 0 Å². The second kappa shape index (κ2) is 8.03. The van der Waals surface area contributed by atoms with E-state index in [1.165, 1.54) is 0 Å². The topological polar surface area (TPSA) is 29.1 Å². The summed E-state index contributed by atoms with van der Waals surface area (Å²) >= 11 is 15.3. The van der Waals surface area contributed by atoms with Crippen LogP contribution >= 0.6 is 39.1 Å². The van der Waals surface area contributed by atoms with Crippen LogP contribution in [-0.4, -0.2) is 17.8 Å². The minimum Gasteiger partial charge on any atom is -0.352 e. The highest BCUT2D eigenvalue weighted by atomic mass is 79.9. The fourth-order valence-corrected chi connectivity index (χ4v) is 2.65. The molecule has 1 atom stereocenters. The molecule has 1 amide bonds. The van der Waals surface area contributed by atoms with Gasteiger partial charge in [0.05, 0.1) is 15.6 Å². The van der Waals surface area contributed by atoms with E-state index in [2.05, 4.69) is 28.2 Å². The van der Waals surface area contributed by atoms with Crippen LogP contribution in [0.5, 0.6) is 0 Å². The monoisotopic (exact) mass is 351 g/mol. The predicted molar refractivity (Wildman–Crippen MR) is 81.0 cm³/mol. The molecule has 0 heterocycles. The van der Waals surface area contributed by atoms with Gasteiger partial charge in [-0.15, -0.1) is 0 Å². The van der Waals surface area contributed by atoms with Crippen LogP contribution < -0.4 is 5.32 Å². The van der Waals surface area contributed by atoms with Crippen molar-refractivity contribution >= 4 is 45.0 Å². The van der Waals surface area contributed by atoms with Crippen molar-refractivity contribution < 1.29 is 4.79 Å². The van der Waals surface area contributed by atoms with Crippen molar-refractivity contribution in [2.45, 2.75) is 19.8 Å². The van der Waals surface area contributed by atoms with E-state index in [-0.39, 0.29) is 5.91 Å². The summed E-state index contributed by atoms with van der Waals surface area (Å²) in [6.45, 7) is 2.77. The molecule has 0 aliphatic rings. The lowest BCUT2D eigenvalue weighted by Gasteiger charge is -2.14. The maximum absolute atomic E-state index is 12.0. The van der Waals surface area contributed by atoms with E-state index in [1.54, 1.807) is 18.2 Å². The molecule has 0 fully saturated rings. The summed E-state index contributed by atoms with van der Waals surface area (Å²) in [6, 6.07) is 5.06. The van der Waals surface area contributed by atoms with Gasteiger partial charge in [0.1, 0.15) is 0 Å². The Balaban J connectivity index is 2.62. The summed E-state index contributed by atoms with van der Waals surface area (Å²) in [7, 11) is 0. The molecular formula is C13H16BrCl2NO. The molecule has 100 valence electrons. The number of hydrogen-bond donors (Lipinski definition) is 1. The number of amides is 1. The molecule has 0 spiro atoms. The van der Waals surface area contributed by atoms with Crippen molar-refractivity contribution in [3.8, 4) is 0 Å². The van der Waals surface area contributed by atoms with Crippen LogP contribution in [0.25, 0.3) is 0 Å². The summed E-state index contributed by atoms with van der Waals surface area (Å²) in [6.07, 6.45) is 2.08. The van der Waals surface area contributed by atoms with Crippen molar-refractivity contribution in [1.29, 1.82) is 0 Å². The number of hydrogen-bond acceptors (Lipinski definition) is 1. The molecule has 0 radical (unpaired) electrons. The lowest BCUT2D eigenvalue weighted by Crippen LogP contribution is -2.29. The van der Waals surface area contributed by atoms with Crippen LogP contribution in [0.4, 0.5) is 0 Å². The van der Waals surface area contributed by atoms with Gasteiger partial charge in [-0.25, -0.2) is 0 Å². The predicted octanol–water partition coefficient (Wildman–Crippen LogP) is 4.53. The molecule has 1 rings (SSSR count). The number of alkyl halides is 1. The van der Waals surface area contributed by atoms with Crippen LogP contribution in [0, 0.1) is 5.92 Å². The molecule has 0 aliphatic carbocycles. The van der Waals surface area contributed by atoms with Gasteiger partial charge in [-0.2, -0.15) is 0 Å². The van der Waals surface area contributed by atoms with Crippen molar-refractivity contribution in [2.24, 2.45) is 5.92 Å². The second-order valence-corrected chi connectivity index (χ2v) is 5.64. The quantitative estimate of drug-likeness (QED) is 0.748. The van der Waals surface area contributed by atoms with Crippen LogP contribution in [0.15, 0.2) is 18.2 Å². The normalized spacial score (nSPS) is 12.2. The summed E-state index contributed by atoms with van der Waals surface area (Å²) < 4.78 is 0. The third-order valence-corrected chi connectivity index (χ3v) is 4.12. The van der Waals surface area contributed by atoms with E-state index in [9.17, 15) is 4.79 Å². The Bertz CT molecular complexity index is 412. The van der Waals surface area contributed by atoms with Crippen LogP contribution in [0.2, 0.25) is 10.0 Å². The Kier molecular flexibility index (Phi) is 7.05. The average Bonchev–Trinajstić information content (AvgIpc) is 2.37. The Labute approximate surface area is 126 Å². The van der Waals surface area contributed by atoms with Crippen molar-refractivity contribution in [1.82, 2.24) is 5.32 Å². The number of benzene rings is 1. The number of carbonyl (C=O) groups excluding carboxylic acids is 1. The first-order chi connectivity index (χ1) is 8.60. The minimum absolute atomic E-state index is 0.171. The molecule has 0 saturated heterocycles. The minimum atomic E-state index is -0.171. The van der Waals surface area contributed by atoms with E-state index in [1.807, 2.05) is 0 Å². The Morgan fingerprint density at radius 3 is 2.78 bits per heavy atom. The van der Waals surface area contributed by atoms with Gasteiger partial charge in [-0.3, -0.25) is 4.79 Å². The van der Waals surface area contributed by atoms with Gasteiger partial charge in [-0.1, -0.05) is 58.5 Å². The van der Waals surface area contributed by atoms with Gasteiger partial charge in [0.25, 0.3) is 5.91 Å². The molecule has 0 aliphatic heterocycles. The molecule has 1 unspecified atom stereocenters. The molecule has 0 bridgehead atoms. The molecule has 1 N–H and O–H groups in total. The molecule has 2 nitrogen and oxygen atoms in total. The van der Waals surface area contributed by atoms with Crippen LogP contribution in [0.3, 0.4) is 0 Å². The van der Waals surface area contributed by atoms with Crippen molar-refractivity contribution in [2.75, 3.05) is 11.9 Å². The average molecular weight is 353 g/mol. The zero-order chi connectivity index (χ0) is 13.5. The van der Waals surface area contributed by atoms with Gasteiger partial charge in [0.15, 0.2) is 0 Å². The fourth-order valence-electron chi connectivity index (χ4n) is 1.62. The van der Waals surface area contributed by atoms with Crippen LogP contribution in [-0.2, 0) is 0 Å². The van der Waals surface area contributed by atoms with Gasteiger partial charge >= 0.3 is 0 Å². The summed E-state index contributed by atoms with van der Waals surface area (Å²) in [5, 5.41) is 4.55. The first kappa shape index (κ1) is 15.8. The Morgan fingerprint density at radius 2 is 2.17 bits per heavy atom. The summed E-state index contributed by atoms with van der Waals surface area (Å²) in [4.78, 5) is 12.0. The van der Waals surface area contributed by atoms with Gasteiger partial charge in [-0.05, 0) is 24.5 Å². The standard InChI is InChI=1S/C13H16BrCl2NO/c1-2-9(6-7-14)8-17-13(18)10-4-3-5-11(15)12(10)16/h3-5,9H,2,6-8H2,1H3,(H,17,18). The van der Waals surface area contributed by atoms with E-state index < -0.39 is 0 Å². The fraction of sp³-hybridized carbons (Fsp3) is 0.462. The van der Waals surface area contributed by atoms with Crippen molar-refractivity contribution in [3.05, 3.63) is 33.8 Å². The molecule has 18 heavy (non-hydrogen) atoms. The highest BCUT2D eigenvalue weighted by molar-refractivity contribution is 9.09.